The molecule has 43 valence electrons. The third kappa shape index (κ3) is 144. The van der Waals surface area contributed by atoms with Crippen LogP contribution >= 0.6 is 7.82 Å². The summed E-state index contributed by atoms with van der Waals surface area (Å²) in [5.74, 6) is 0. The quantitative estimate of drug-likeness (QED) is 0.315. The Morgan fingerprint density at radius 3 is 1.14 bits per heavy atom. The van der Waals surface area contributed by atoms with Gasteiger partial charge in [0, 0.05) is 0 Å². The van der Waals surface area contributed by atoms with Crippen LogP contribution in [0, 0.1) is 0 Å². The van der Waals surface area contributed by atoms with Crippen molar-refractivity contribution in [2.75, 3.05) is 0 Å². The van der Waals surface area contributed by atoms with Crippen LogP contribution in [0.3, 0.4) is 0 Å². The molecule has 4 nitrogen and oxygen atoms in total. The molecule has 0 spiro atoms. The molecule has 0 aliphatic rings. The normalized spacial score (nSPS) is 8.43. The largest absolute Gasteiger partial charge is 2.00 e. The smallest absolute Gasteiger partial charge is 0.822 e. The predicted octanol–water partition coefficient (Wildman–Crippen LogP) is -2.83. The van der Waals surface area contributed by atoms with Crippen molar-refractivity contribution in [3.8, 4) is 0 Å². The van der Waals surface area contributed by atoms with Crippen LogP contribution in [0.2, 0.25) is 0 Å². The summed E-state index contributed by atoms with van der Waals surface area (Å²) in [5.41, 5.74) is 0. The minimum atomic E-state index is -5.39. The van der Waals surface area contributed by atoms with E-state index in [1.165, 1.54) is 0 Å². The average molecular weight is 206 g/mol. The van der Waals surface area contributed by atoms with Crippen molar-refractivity contribution in [1.29, 1.82) is 0 Å². The molecule has 0 atom stereocenters. The Labute approximate surface area is 61.5 Å². The Morgan fingerprint density at radius 1 is 1.14 bits per heavy atom. The van der Waals surface area contributed by atoms with Gasteiger partial charge in [0.25, 0.3) is 0 Å². The van der Waals surface area contributed by atoms with E-state index in [4.69, 9.17) is 19.2 Å². The maximum Gasteiger partial charge on any atom is 2.00 e. The summed E-state index contributed by atoms with van der Waals surface area (Å²) in [4.78, 5) is 25.6. The van der Waals surface area contributed by atoms with Crippen molar-refractivity contribution in [1.82, 2.24) is 0 Å². The summed E-state index contributed by atoms with van der Waals surface area (Å²) < 4.78 is 8.55. The molecule has 0 rings (SSSR count). The molecule has 0 aromatic heterocycles. The molecule has 0 unspecified atom stereocenters. The second-order valence-electron chi connectivity index (χ2n) is 0.447. The Bertz CT molecular complexity index is 57.8. The Morgan fingerprint density at radius 2 is 1.14 bits per heavy atom. The van der Waals surface area contributed by atoms with E-state index in [1.807, 2.05) is 0 Å². The summed E-state index contributed by atoms with van der Waals surface area (Å²) in [7, 11) is -5.39. The van der Waals surface area contributed by atoms with Crippen LogP contribution < -0.4 is 14.7 Å². The molecule has 0 aromatic carbocycles. The van der Waals surface area contributed by atoms with Crippen LogP contribution in [0.15, 0.2) is 0 Å². The fourth-order valence-corrected chi connectivity index (χ4v) is 0. The van der Waals surface area contributed by atoms with Crippen LogP contribution in [0.5, 0.6) is 0 Å². The molecular formula is FeMnO4P+. The van der Waals surface area contributed by atoms with E-state index in [1.54, 1.807) is 0 Å². The van der Waals surface area contributed by atoms with Crippen molar-refractivity contribution in [3.63, 3.8) is 0 Å². The standard InChI is InChI=1S/Fe.Mn.H3O4P/c;;1-5(2,3)4/h;;(H3,1,2,3,4)/q2*+2;/p-3. The SMILES string of the molecule is O=P([O-])([O-])[O-].[Fe+2].[Mn+2]. The van der Waals surface area contributed by atoms with Crippen molar-refractivity contribution < 1.29 is 53.4 Å². The first-order valence-corrected chi connectivity index (χ1v) is 2.19. The molecule has 1 radical (unpaired) electrons. The van der Waals surface area contributed by atoms with Crippen molar-refractivity contribution in [2.45, 2.75) is 0 Å². The van der Waals surface area contributed by atoms with Gasteiger partial charge in [-0.1, -0.05) is 0 Å². The second-order valence-corrected chi connectivity index (χ2v) is 1.34. The molecule has 0 fully saturated rings. The average Bonchev–Trinajstić information content (AvgIpc) is 0.722. The van der Waals surface area contributed by atoms with Gasteiger partial charge in [0.15, 0.2) is 0 Å². The van der Waals surface area contributed by atoms with Gasteiger partial charge in [0.05, 0.1) is 0 Å². The van der Waals surface area contributed by atoms with Gasteiger partial charge in [0.2, 0.25) is 0 Å². The van der Waals surface area contributed by atoms with Crippen molar-refractivity contribution >= 4 is 7.82 Å². The topological polar surface area (TPSA) is 86.2 Å². The van der Waals surface area contributed by atoms with Crippen LogP contribution in [0.4, 0.5) is 0 Å². The maximum atomic E-state index is 8.55. The van der Waals surface area contributed by atoms with E-state index in [2.05, 4.69) is 0 Å². The third-order valence-electron chi connectivity index (χ3n) is 0. The summed E-state index contributed by atoms with van der Waals surface area (Å²) in [6.07, 6.45) is 0. The summed E-state index contributed by atoms with van der Waals surface area (Å²) in [5, 5.41) is 0. The number of phosphoric acid groups is 1. The fraction of sp³-hybridized carbons (Fsp3) is 0. The minimum Gasteiger partial charge on any atom is -0.822 e. The van der Waals surface area contributed by atoms with Crippen LogP contribution in [0.1, 0.15) is 0 Å². The Hall–Kier alpha value is 1.15. The van der Waals surface area contributed by atoms with Crippen molar-refractivity contribution in [2.24, 2.45) is 0 Å². The van der Waals surface area contributed by atoms with E-state index in [0.717, 1.165) is 0 Å². The molecule has 0 amide bonds. The first-order valence-electron chi connectivity index (χ1n) is 0.730. The fourth-order valence-electron chi connectivity index (χ4n) is 0. The molecule has 0 aliphatic heterocycles. The summed E-state index contributed by atoms with van der Waals surface area (Å²) >= 11 is 0. The van der Waals surface area contributed by atoms with Gasteiger partial charge in [-0.25, -0.2) is 0 Å². The molecule has 0 bridgehead atoms. The van der Waals surface area contributed by atoms with Gasteiger partial charge in [-0.2, -0.15) is 7.82 Å². The molecular weight excluding hydrogens is 206 g/mol. The van der Waals surface area contributed by atoms with Gasteiger partial charge < -0.3 is 19.2 Å². The van der Waals surface area contributed by atoms with E-state index >= 15 is 0 Å². The van der Waals surface area contributed by atoms with Crippen LogP contribution in [-0.2, 0) is 38.7 Å². The molecule has 0 aromatic rings. The van der Waals surface area contributed by atoms with E-state index < -0.39 is 7.82 Å². The van der Waals surface area contributed by atoms with Crippen molar-refractivity contribution in [3.05, 3.63) is 0 Å². The number of hydrogen-bond acceptors (Lipinski definition) is 4. The van der Waals surface area contributed by atoms with Gasteiger partial charge in [0.1, 0.15) is 0 Å². The van der Waals surface area contributed by atoms with Crippen LogP contribution in [-0.4, -0.2) is 0 Å². The summed E-state index contributed by atoms with van der Waals surface area (Å²) in [6, 6.07) is 0. The number of hydrogen-bond donors (Lipinski definition) is 0. The van der Waals surface area contributed by atoms with Gasteiger partial charge in [-0.3, -0.25) is 0 Å². The van der Waals surface area contributed by atoms with E-state index in [9.17, 15) is 0 Å². The molecule has 0 saturated carbocycles. The van der Waals surface area contributed by atoms with Gasteiger partial charge in [-0.15, -0.1) is 0 Å². The monoisotopic (exact) mass is 206 g/mol. The molecule has 0 N–H and O–H groups in total. The zero-order valence-corrected chi connectivity index (χ0v) is 5.99. The maximum absolute atomic E-state index is 8.55. The van der Waals surface area contributed by atoms with Crippen LogP contribution in [0.25, 0.3) is 0 Å². The zero-order valence-electron chi connectivity index (χ0n) is 2.81. The zero-order chi connectivity index (χ0) is 4.50. The van der Waals surface area contributed by atoms with E-state index in [-0.39, 0.29) is 34.1 Å². The Kier molecular flexibility index (Phi) is 11.9. The predicted molar refractivity (Wildman–Crippen MR) is 7.61 cm³/mol. The molecule has 7 heavy (non-hydrogen) atoms. The molecule has 0 heterocycles. The van der Waals surface area contributed by atoms with Gasteiger partial charge in [-0.05, 0) is 0 Å². The third-order valence-corrected chi connectivity index (χ3v) is 0. The molecule has 0 saturated heterocycles. The van der Waals surface area contributed by atoms with E-state index in [0.29, 0.717) is 0 Å². The molecule has 7 heteroatoms. The van der Waals surface area contributed by atoms with Gasteiger partial charge >= 0.3 is 34.1 Å². The Balaban J connectivity index is -0.0000000800. The first kappa shape index (κ1) is 15.7. The summed E-state index contributed by atoms with van der Waals surface area (Å²) in [6.45, 7) is 0. The molecule has 0 aliphatic carbocycles. The number of rotatable bonds is 0. The minimum absolute atomic E-state index is 0. The second kappa shape index (κ2) is 5.29. The first-order chi connectivity index (χ1) is 2.00.